The van der Waals surface area contributed by atoms with E-state index < -0.39 is 18.0 Å². The Morgan fingerprint density at radius 2 is 1.89 bits per heavy atom. The van der Waals surface area contributed by atoms with E-state index in [0.29, 0.717) is 5.56 Å². The van der Waals surface area contributed by atoms with Gasteiger partial charge in [-0.25, -0.2) is 4.79 Å². The quantitative estimate of drug-likeness (QED) is 0.567. The second kappa shape index (κ2) is 8.50. The highest BCUT2D eigenvalue weighted by Gasteiger charge is 2.17. The van der Waals surface area contributed by atoms with E-state index in [-0.39, 0.29) is 19.3 Å². The molecule has 1 unspecified atom stereocenters. The molecule has 5 nitrogen and oxygen atoms in total. The lowest BCUT2D eigenvalue weighted by Crippen LogP contribution is -2.29. The van der Waals surface area contributed by atoms with Crippen LogP contribution in [0.5, 0.6) is 0 Å². The Bertz CT molecular complexity index is 407. The van der Waals surface area contributed by atoms with Crippen molar-refractivity contribution >= 4 is 23.5 Å². The number of rotatable bonds is 7. The molecule has 0 heterocycles. The number of hydrogen-bond donors (Lipinski definition) is 0. The summed E-state index contributed by atoms with van der Waals surface area (Å²) in [6.07, 6.45) is -0.685. The molecule has 0 saturated carbocycles. The van der Waals surface area contributed by atoms with Gasteiger partial charge in [-0.05, 0) is 12.1 Å². The maximum absolute atomic E-state index is 11.8. The minimum atomic E-state index is -0.685. The zero-order valence-corrected chi connectivity index (χ0v) is 11.3. The number of ether oxygens (including phenoxy) is 3. The van der Waals surface area contributed by atoms with Crippen LogP contribution in [0, 0.1) is 0 Å². The minimum absolute atomic E-state index is 0.0283. The molecule has 0 saturated heterocycles. The highest BCUT2D eigenvalue weighted by molar-refractivity contribution is 6.17. The van der Waals surface area contributed by atoms with Crippen molar-refractivity contribution < 1.29 is 23.8 Å². The standard InChI is InChI=1S/C13H15ClO5/c1-10(15)18-8-12(7-17-9-14)19-13(16)11-5-3-2-4-6-11/h2-6,12H,7-9H2,1H3. The molecule has 1 aromatic rings. The van der Waals surface area contributed by atoms with Crippen LogP contribution in [-0.4, -0.2) is 37.3 Å². The third-order valence-electron chi connectivity index (χ3n) is 2.14. The van der Waals surface area contributed by atoms with E-state index >= 15 is 0 Å². The SMILES string of the molecule is CC(=O)OCC(COCCl)OC(=O)c1ccccc1. The molecular weight excluding hydrogens is 272 g/mol. The highest BCUT2D eigenvalue weighted by Crippen LogP contribution is 2.05. The smallest absolute Gasteiger partial charge is 0.338 e. The number of halogens is 1. The van der Waals surface area contributed by atoms with Crippen LogP contribution in [0.2, 0.25) is 0 Å². The third kappa shape index (κ3) is 6.22. The number of benzene rings is 1. The van der Waals surface area contributed by atoms with E-state index in [2.05, 4.69) is 0 Å². The summed E-state index contributed by atoms with van der Waals surface area (Å²) in [5.41, 5.74) is 0.418. The molecule has 19 heavy (non-hydrogen) atoms. The molecule has 1 atom stereocenters. The summed E-state index contributed by atoms with van der Waals surface area (Å²) in [6.45, 7) is 1.28. The Kier molecular flexibility index (Phi) is 6.92. The predicted octanol–water partition coefficient (Wildman–Crippen LogP) is 1.99. The molecule has 104 valence electrons. The first kappa shape index (κ1) is 15.5. The van der Waals surface area contributed by atoms with Crippen LogP contribution in [0.4, 0.5) is 0 Å². The third-order valence-corrected chi connectivity index (χ3v) is 2.29. The average molecular weight is 287 g/mol. The topological polar surface area (TPSA) is 61.8 Å². The Hall–Kier alpha value is -1.59. The van der Waals surface area contributed by atoms with E-state index in [9.17, 15) is 9.59 Å². The minimum Gasteiger partial charge on any atom is -0.462 e. The second-order valence-electron chi connectivity index (χ2n) is 3.68. The molecule has 0 amide bonds. The van der Waals surface area contributed by atoms with Gasteiger partial charge in [-0.2, -0.15) is 0 Å². The summed E-state index contributed by atoms with van der Waals surface area (Å²) in [7, 11) is 0. The van der Waals surface area contributed by atoms with Crippen molar-refractivity contribution in [3.8, 4) is 0 Å². The van der Waals surface area contributed by atoms with Gasteiger partial charge in [0, 0.05) is 6.92 Å². The first-order chi connectivity index (χ1) is 9.13. The van der Waals surface area contributed by atoms with E-state index in [4.69, 9.17) is 25.8 Å². The number of carbonyl (C=O) groups excluding carboxylic acids is 2. The zero-order valence-electron chi connectivity index (χ0n) is 10.5. The van der Waals surface area contributed by atoms with Crippen LogP contribution in [0.25, 0.3) is 0 Å². The number of carbonyl (C=O) groups is 2. The van der Waals surface area contributed by atoms with Gasteiger partial charge in [0.1, 0.15) is 12.7 Å². The highest BCUT2D eigenvalue weighted by atomic mass is 35.5. The lowest BCUT2D eigenvalue weighted by Gasteiger charge is -2.17. The Morgan fingerprint density at radius 3 is 2.47 bits per heavy atom. The molecule has 1 rings (SSSR count). The average Bonchev–Trinajstić information content (AvgIpc) is 2.42. The summed E-state index contributed by atoms with van der Waals surface area (Å²) in [4.78, 5) is 22.6. The molecule has 1 aromatic carbocycles. The number of hydrogen-bond acceptors (Lipinski definition) is 5. The zero-order chi connectivity index (χ0) is 14.1. The monoisotopic (exact) mass is 286 g/mol. The van der Waals surface area contributed by atoms with Gasteiger partial charge in [0.2, 0.25) is 0 Å². The van der Waals surface area contributed by atoms with Gasteiger partial charge in [-0.1, -0.05) is 29.8 Å². The second-order valence-corrected chi connectivity index (χ2v) is 3.89. The van der Waals surface area contributed by atoms with Crippen LogP contribution in [0.1, 0.15) is 17.3 Å². The fourth-order valence-corrected chi connectivity index (χ4v) is 1.39. The van der Waals surface area contributed by atoms with Crippen molar-refractivity contribution in [1.29, 1.82) is 0 Å². The van der Waals surface area contributed by atoms with Crippen molar-refractivity contribution in [3.05, 3.63) is 35.9 Å². The van der Waals surface area contributed by atoms with Gasteiger partial charge in [-0.15, -0.1) is 0 Å². The van der Waals surface area contributed by atoms with Gasteiger partial charge < -0.3 is 14.2 Å². The van der Waals surface area contributed by atoms with E-state index in [1.165, 1.54) is 6.92 Å². The van der Waals surface area contributed by atoms with Gasteiger partial charge in [0.25, 0.3) is 0 Å². The molecule has 0 aliphatic carbocycles. The predicted molar refractivity (Wildman–Crippen MR) is 69.0 cm³/mol. The lowest BCUT2D eigenvalue weighted by molar-refractivity contribution is -0.145. The van der Waals surface area contributed by atoms with E-state index in [1.807, 2.05) is 0 Å². The van der Waals surface area contributed by atoms with Crippen LogP contribution in [0.15, 0.2) is 30.3 Å². The Balaban J connectivity index is 2.55. The summed E-state index contributed by atoms with van der Waals surface area (Å²) < 4.78 is 14.9. The largest absolute Gasteiger partial charge is 0.462 e. The lowest BCUT2D eigenvalue weighted by atomic mass is 10.2. The van der Waals surface area contributed by atoms with Gasteiger partial charge in [0.15, 0.2) is 6.10 Å². The molecule has 0 spiro atoms. The maximum atomic E-state index is 11.8. The van der Waals surface area contributed by atoms with Gasteiger partial charge in [0.05, 0.1) is 12.2 Å². The summed E-state index contributed by atoms with van der Waals surface area (Å²) in [5, 5.41) is 0. The molecular formula is C13H15ClO5. The first-order valence-corrected chi connectivity index (χ1v) is 6.20. The van der Waals surface area contributed by atoms with Crippen LogP contribution < -0.4 is 0 Å². The van der Waals surface area contributed by atoms with Crippen LogP contribution >= 0.6 is 11.6 Å². The molecule has 0 aliphatic heterocycles. The fraction of sp³-hybridized carbons (Fsp3) is 0.385. The summed E-state index contributed by atoms with van der Waals surface area (Å²) in [5.74, 6) is -0.956. The molecule has 0 radical (unpaired) electrons. The molecule has 0 N–H and O–H groups in total. The Labute approximate surface area is 116 Å². The van der Waals surface area contributed by atoms with Crippen molar-refractivity contribution in [1.82, 2.24) is 0 Å². The van der Waals surface area contributed by atoms with Crippen molar-refractivity contribution in [2.24, 2.45) is 0 Å². The number of alkyl halides is 1. The maximum Gasteiger partial charge on any atom is 0.338 e. The molecule has 0 aliphatic rings. The van der Waals surface area contributed by atoms with Gasteiger partial charge >= 0.3 is 11.9 Å². The normalized spacial score (nSPS) is 11.7. The van der Waals surface area contributed by atoms with Crippen LogP contribution in [-0.2, 0) is 19.0 Å². The van der Waals surface area contributed by atoms with E-state index in [0.717, 1.165) is 0 Å². The first-order valence-electron chi connectivity index (χ1n) is 5.66. The summed E-state index contributed by atoms with van der Waals surface area (Å²) in [6, 6.07) is 8.49. The molecule has 6 heteroatoms. The van der Waals surface area contributed by atoms with Crippen LogP contribution in [0.3, 0.4) is 0 Å². The molecule has 0 bridgehead atoms. The number of esters is 2. The Morgan fingerprint density at radius 1 is 1.21 bits per heavy atom. The fourth-order valence-electron chi connectivity index (χ4n) is 1.30. The van der Waals surface area contributed by atoms with E-state index in [1.54, 1.807) is 30.3 Å². The van der Waals surface area contributed by atoms with Crippen molar-refractivity contribution in [3.63, 3.8) is 0 Å². The van der Waals surface area contributed by atoms with Crippen molar-refractivity contribution in [2.45, 2.75) is 13.0 Å². The molecule has 0 fully saturated rings. The summed E-state index contributed by atoms with van der Waals surface area (Å²) >= 11 is 5.39. The van der Waals surface area contributed by atoms with Crippen molar-refractivity contribution in [2.75, 3.05) is 19.3 Å². The molecule has 0 aromatic heterocycles. The van der Waals surface area contributed by atoms with Gasteiger partial charge in [-0.3, -0.25) is 4.79 Å².